The van der Waals surface area contributed by atoms with Gasteiger partial charge in [0.1, 0.15) is 11.6 Å². The van der Waals surface area contributed by atoms with Crippen LogP contribution in [-0.4, -0.2) is 63.7 Å². The zero-order valence-electron chi connectivity index (χ0n) is 16.8. The first-order chi connectivity index (χ1) is 14.5. The van der Waals surface area contributed by atoms with E-state index in [4.69, 9.17) is 9.84 Å². The number of aliphatic carboxylic acids is 1. The van der Waals surface area contributed by atoms with E-state index in [0.29, 0.717) is 48.2 Å². The summed E-state index contributed by atoms with van der Waals surface area (Å²) >= 11 is 0. The Morgan fingerprint density at radius 1 is 1.23 bits per heavy atom. The molecule has 1 N–H and O–H groups in total. The number of alkyl halides is 3. The average molecular weight is 457 g/mol. The van der Waals surface area contributed by atoms with E-state index in [1.165, 1.54) is 19.2 Å². The predicted molar refractivity (Wildman–Crippen MR) is 111 cm³/mol. The normalized spacial score (nSPS) is 17.2. The van der Waals surface area contributed by atoms with Crippen LogP contribution in [0.15, 0.2) is 41.4 Å². The maximum atomic E-state index is 13.6. The van der Waals surface area contributed by atoms with Crippen molar-refractivity contribution in [3.05, 3.63) is 47.7 Å². The molecule has 0 aliphatic carbocycles. The van der Waals surface area contributed by atoms with E-state index in [9.17, 15) is 22.2 Å². The zero-order chi connectivity index (χ0) is 22.8. The van der Waals surface area contributed by atoms with E-state index in [-0.39, 0.29) is 6.42 Å². The molecule has 1 atom stereocenters. The van der Waals surface area contributed by atoms with Crippen molar-refractivity contribution >= 4 is 27.4 Å². The molecule has 2 aromatic rings. The second kappa shape index (κ2) is 8.75. The molecule has 2 heterocycles. The minimum atomic E-state index is -4.45. The van der Waals surface area contributed by atoms with E-state index in [1.54, 1.807) is 16.4 Å². The average Bonchev–Trinajstić information content (AvgIpc) is 2.73. The topological polar surface area (TPSA) is 83.0 Å². The molecule has 0 spiro atoms. The number of methoxy groups -OCH3 is 1. The number of anilines is 1. The summed E-state index contributed by atoms with van der Waals surface area (Å²) in [5.74, 6) is 3.64. The van der Waals surface area contributed by atoms with Gasteiger partial charge in [0.25, 0.3) is 0 Å². The number of rotatable bonds is 6. The molecule has 11 heteroatoms. The smallest absolute Gasteiger partial charge is 0.417 e. The number of pyridine rings is 1. The molecule has 0 amide bonds. The van der Waals surface area contributed by atoms with Gasteiger partial charge in [0.05, 0.1) is 33.7 Å². The van der Waals surface area contributed by atoms with Crippen molar-refractivity contribution in [3.8, 4) is 5.75 Å². The number of hydrogen-bond acceptors (Lipinski definition) is 5. The molecule has 1 unspecified atom stereocenters. The molecule has 31 heavy (non-hydrogen) atoms. The molecule has 0 bridgehead atoms. The quantitative estimate of drug-likeness (QED) is 0.672. The van der Waals surface area contributed by atoms with Crippen LogP contribution < -0.4 is 9.64 Å². The Morgan fingerprint density at radius 2 is 1.90 bits per heavy atom. The summed E-state index contributed by atoms with van der Waals surface area (Å²) in [6.07, 6.45) is -3.87. The first-order valence-corrected chi connectivity index (χ1v) is 11.0. The summed E-state index contributed by atoms with van der Waals surface area (Å²) in [5.41, 5.74) is -0.337. The summed E-state index contributed by atoms with van der Waals surface area (Å²) in [6.45, 7) is 1.44. The van der Waals surface area contributed by atoms with Crippen molar-refractivity contribution in [2.45, 2.75) is 17.5 Å². The maximum Gasteiger partial charge on any atom is 0.417 e. The van der Waals surface area contributed by atoms with Gasteiger partial charge in [0, 0.05) is 32.4 Å². The largest absolute Gasteiger partial charge is 0.495 e. The number of carbonyl (C=O) groups is 1. The van der Waals surface area contributed by atoms with E-state index in [2.05, 4.69) is 10.9 Å². The third kappa shape index (κ3) is 5.10. The van der Waals surface area contributed by atoms with Gasteiger partial charge in [0.2, 0.25) is 0 Å². The Hall–Kier alpha value is -2.79. The summed E-state index contributed by atoms with van der Waals surface area (Å²) < 4.78 is 58.7. The number of ether oxygens (including phenoxy) is 1. The molecule has 3 rings (SSSR count). The summed E-state index contributed by atoms with van der Waals surface area (Å²) in [4.78, 5) is 17.1. The molecule has 1 aliphatic rings. The van der Waals surface area contributed by atoms with Crippen LogP contribution in [0.4, 0.5) is 19.0 Å². The molecule has 1 aliphatic heterocycles. The van der Waals surface area contributed by atoms with Crippen molar-refractivity contribution in [2.75, 3.05) is 38.2 Å². The maximum absolute atomic E-state index is 13.6. The second-order valence-corrected chi connectivity index (χ2v) is 9.25. The Labute approximate surface area is 178 Å². The van der Waals surface area contributed by atoms with Gasteiger partial charge in [-0.2, -0.15) is 13.2 Å². The lowest BCUT2D eigenvalue weighted by atomic mass is 10.1. The zero-order valence-corrected chi connectivity index (χ0v) is 17.6. The van der Waals surface area contributed by atoms with E-state index < -0.39 is 27.4 Å². The first kappa shape index (κ1) is 22.9. The minimum Gasteiger partial charge on any atom is -0.495 e. The van der Waals surface area contributed by atoms with Gasteiger partial charge in [-0.15, -0.1) is 0 Å². The van der Waals surface area contributed by atoms with Crippen LogP contribution in [0.25, 0.3) is 0 Å². The van der Waals surface area contributed by atoms with Crippen LogP contribution in [0.2, 0.25) is 0 Å². The first-order valence-electron chi connectivity index (χ1n) is 9.31. The van der Waals surface area contributed by atoms with E-state index >= 15 is 0 Å². The van der Waals surface area contributed by atoms with Crippen LogP contribution in [-0.2, 0) is 27.1 Å². The van der Waals surface area contributed by atoms with Gasteiger partial charge in [-0.1, -0.05) is 6.07 Å². The third-order valence-corrected chi connectivity index (χ3v) is 7.19. The molecule has 0 saturated carbocycles. The number of nitrogens with zero attached hydrogens (tertiary/aromatic N) is 3. The van der Waals surface area contributed by atoms with Crippen LogP contribution >= 0.6 is 0 Å². The monoisotopic (exact) mass is 457 g/mol. The van der Waals surface area contributed by atoms with E-state index in [1.807, 2.05) is 4.90 Å². The summed E-state index contributed by atoms with van der Waals surface area (Å²) in [7, 11) is -1.55. The number of piperazine rings is 1. The van der Waals surface area contributed by atoms with Gasteiger partial charge < -0.3 is 14.7 Å². The number of aromatic nitrogens is 1. The fraction of sp³-hybridized carbons (Fsp3) is 0.350. The summed E-state index contributed by atoms with van der Waals surface area (Å²) in [5, 5.41) is 9.03. The van der Waals surface area contributed by atoms with E-state index in [0.717, 1.165) is 12.3 Å². The van der Waals surface area contributed by atoms with Crippen molar-refractivity contribution < 1.29 is 32.0 Å². The summed E-state index contributed by atoms with van der Waals surface area (Å²) in [6, 6.07) is 7.00. The molecule has 1 aromatic carbocycles. The SMILES string of the molecule is C=S(=O)(c1cc(CC(=O)O)ccc1OC)N1CCN(c2ccc(C(F)(F)F)cn2)CC1. The van der Waals surface area contributed by atoms with Crippen molar-refractivity contribution in [1.82, 2.24) is 9.29 Å². The molecule has 1 fully saturated rings. The van der Waals surface area contributed by atoms with Gasteiger partial charge in [0.15, 0.2) is 0 Å². The highest BCUT2D eigenvalue weighted by atomic mass is 32.2. The molecular formula is C20H22F3N3O4S. The lowest BCUT2D eigenvalue weighted by molar-refractivity contribution is -0.138. The fourth-order valence-corrected chi connectivity index (χ4v) is 5.18. The van der Waals surface area contributed by atoms with Crippen molar-refractivity contribution in [1.29, 1.82) is 0 Å². The number of hydrogen-bond donors (Lipinski definition) is 1. The molecule has 1 aromatic heterocycles. The number of benzene rings is 1. The molecule has 1 saturated heterocycles. The van der Waals surface area contributed by atoms with Gasteiger partial charge in [-0.3, -0.25) is 4.79 Å². The minimum absolute atomic E-state index is 0.222. The lowest BCUT2D eigenvalue weighted by Crippen LogP contribution is -2.48. The second-order valence-electron chi connectivity index (χ2n) is 7.02. The highest BCUT2D eigenvalue weighted by Crippen LogP contribution is 2.31. The molecule has 7 nitrogen and oxygen atoms in total. The standard InChI is InChI=1S/C20H22F3N3O4S/c1-30-16-5-3-14(12-19(27)28)11-17(16)31(2,29)26-9-7-25(8-10-26)18-6-4-15(13-24-18)20(21,22)23/h3-6,11,13H,2,7-10,12H2,1H3,(H,27,28). The lowest BCUT2D eigenvalue weighted by Gasteiger charge is -2.37. The van der Waals surface area contributed by atoms with Crippen molar-refractivity contribution in [2.24, 2.45) is 0 Å². The predicted octanol–water partition coefficient (Wildman–Crippen LogP) is 2.55. The molecular weight excluding hydrogens is 435 g/mol. The van der Waals surface area contributed by atoms with Gasteiger partial charge >= 0.3 is 12.1 Å². The number of carboxylic acid groups (broad SMARTS) is 1. The molecule has 0 radical (unpaired) electrons. The Bertz CT molecular complexity index is 1050. The van der Waals surface area contributed by atoms with Gasteiger partial charge in [-0.05, 0) is 35.7 Å². The highest BCUT2D eigenvalue weighted by molar-refractivity contribution is 7.98. The number of carboxylic acids is 1. The molecule has 168 valence electrons. The van der Waals surface area contributed by atoms with Crippen LogP contribution in [0, 0.1) is 0 Å². The third-order valence-electron chi connectivity index (χ3n) is 4.98. The fourth-order valence-electron chi connectivity index (χ4n) is 3.35. The number of halogens is 3. The Morgan fingerprint density at radius 3 is 2.42 bits per heavy atom. The van der Waals surface area contributed by atoms with Crippen LogP contribution in [0.5, 0.6) is 5.75 Å². The van der Waals surface area contributed by atoms with Crippen LogP contribution in [0.3, 0.4) is 0 Å². The Balaban J connectivity index is 1.76. The van der Waals surface area contributed by atoms with Gasteiger partial charge in [-0.25, -0.2) is 13.5 Å². The van der Waals surface area contributed by atoms with Crippen LogP contribution in [0.1, 0.15) is 11.1 Å². The Kier molecular flexibility index (Phi) is 6.46. The van der Waals surface area contributed by atoms with Crippen molar-refractivity contribution in [3.63, 3.8) is 0 Å². The highest BCUT2D eigenvalue weighted by Gasteiger charge is 2.31.